The molecule has 2 fully saturated rings. The van der Waals surface area contributed by atoms with Gasteiger partial charge in [-0.25, -0.2) is 4.79 Å². The van der Waals surface area contributed by atoms with Crippen LogP contribution in [0.15, 0.2) is 30.3 Å². The molecular formula is C18H26N2O2S. The number of benzene rings is 1. The number of hydrogen-bond acceptors (Lipinski definition) is 3. The van der Waals surface area contributed by atoms with E-state index in [1.54, 1.807) is 0 Å². The number of carbonyl (C=O) groups excluding carboxylic acids is 1. The van der Waals surface area contributed by atoms with Crippen molar-refractivity contribution in [3.05, 3.63) is 35.9 Å². The summed E-state index contributed by atoms with van der Waals surface area (Å²) in [6.07, 6.45) is 4.24. The summed E-state index contributed by atoms with van der Waals surface area (Å²) >= 11 is 1.97. The van der Waals surface area contributed by atoms with Crippen LogP contribution < -0.4 is 10.6 Å². The van der Waals surface area contributed by atoms with Crippen molar-refractivity contribution in [2.24, 2.45) is 0 Å². The van der Waals surface area contributed by atoms with Crippen molar-refractivity contribution in [3.63, 3.8) is 0 Å². The first-order chi connectivity index (χ1) is 11.1. The van der Waals surface area contributed by atoms with Gasteiger partial charge in [0.1, 0.15) is 0 Å². The fraction of sp³-hybridized carbons (Fsp3) is 0.611. The van der Waals surface area contributed by atoms with Crippen LogP contribution in [0, 0.1) is 0 Å². The number of urea groups is 1. The number of nitrogens with one attached hydrogen (secondary N) is 2. The molecule has 3 rings (SSSR count). The van der Waals surface area contributed by atoms with Gasteiger partial charge < -0.3 is 15.4 Å². The highest BCUT2D eigenvalue weighted by atomic mass is 32.2. The largest absolute Gasteiger partial charge is 0.373 e. The summed E-state index contributed by atoms with van der Waals surface area (Å²) in [7, 11) is 0. The Morgan fingerprint density at radius 3 is 2.96 bits per heavy atom. The maximum Gasteiger partial charge on any atom is 0.315 e. The Kier molecular flexibility index (Phi) is 5.49. The van der Waals surface area contributed by atoms with Gasteiger partial charge in [0.05, 0.1) is 6.10 Å². The molecule has 4 nitrogen and oxygen atoms in total. The molecule has 0 spiro atoms. The van der Waals surface area contributed by atoms with Crippen molar-refractivity contribution < 1.29 is 9.53 Å². The molecule has 0 bridgehead atoms. The smallest absolute Gasteiger partial charge is 0.315 e. The second kappa shape index (κ2) is 7.58. The highest BCUT2D eigenvalue weighted by Crippen LogP contribution is 2.37. The first-order valence-corrected chi connectivity index (χ1v) is 9.48. The minimum absolute atomic E-state index is 0.0440. The lowest BCUT2D eigenvalue weighted by atomic mass is 9.97. The second-order valence-corrected chi connectivity index (χ2v) is 8.40. The zero-order valence-electron chi connectivity index (χ0n) is 13.7. The first kappa shape index (κ1) is 16.7. The van der Waals surface area contributed by atoms with E-state index in [1.165, 1.54) is 24.2 Å². The topological polar surface area (TPSA) is 50.4 Å². The Labute approximate surface area is 142 Å². The molecule has 0 radical (unpaired) electrons. The van der Waals surface area contributed by atoms with E-state index in [9.17, 15) is 4.79 Å². The number of hydrogen-bond donors (Lipinski definition) is 2. The fourth-order valence-corrected chi connectivity index (χ4v) is 4.55. The lowest BCUT2D eigenvalue weighted by Gasteiger charge is -2.31. The Hall–Kier alpha value is -1.20. The molecule has 126 valence electrons. The van der Waals surface area contributed by atoms with Crippen LogP contribution in [0.25, 0.3) is 0 Å². The van der Waals surface area contributed by atoms with E-state index in [1.807, 2.05) is 30.0 Å². The summed E-state index contributed by atoms with van der Waals surface area (Å²) in [5.74, 6) is 1.21. The molecule has 3 atom stereocenters. The SMILES string of the molecule is CC1(CNC(=O)NC2CCOC(c3ccccc3)C2)CCCS1. The number of amides is 2. The van der Waals surface area contributed by atoms with E-state index in [-0.39, 0.29) is 22.9 Å². The highest BCUT2D eigenvalue weighted by molar-refractivity contribution is 8.00. The first-order valence-electron chi connectivity index (χ1n) is 8.49. The van der Waals surface area contributed by atoms with Gasteiger partial charge in [0, 0.05) is 23.9 Å². The normalized spacial score (nSPS) is 30.8. The van der Waals surface area contributed by atoms with Gasteiger partial charge in [0.25, 0.3) is 0 Å². The van der Waals surface area contributed by atoms with Crippen molar-refractivity contribution in [2.75, 3.05) is 18.9 Å². The van der Waals surface area contributed by atoms with E-state index >= 15 is 0 Å². The van der Waals surface area contributed by atoms with Crippen LogP contribution in [-0.4, -0.2) is 35.7 Å². The highest BCUT2D eigenvalue weighted by Gasteiger charge is 2.30. The Morgan fingerprint density at radius 2 is 2.22 bits per heavy atom. The summed E-state index contributed by atoms with van der Waals surface area (Å²) in [6.45, 7) is 3.68. The van der Waals surface area contributed by atoms with Crippen LogP contribution in [0.3, 0.4) is 0 Å². The predicted octanol–water partition coefficient (Wildman–Crippen LogP) is 3.49. The monoisotopic (exact) mass is 334 g/mol. The van der Waals surface area contributed by atoms with Crippen LogP contribution in [0.1, 0.15) is 44.3 Å². The Bertz CT molecular complexity index is 517. The summed E-state index contributed by atoms with van der Waals surface area (Å²) in [4.78, 5) is 12.2. The van der Waals surface area contributed by atoms with Gasteiger partial charge in [-0.05, 0) is 43.9 Å². The maximum absolute atomic E-state index is 12.2. The third-order valence-electron chi connectivity index (χ3n) is 4.71. The summed E-state index contributed by atoms with van der Waals surface area (Å²) in [5.41, 5.74) is 1.19. The van der Waals surface area contributed by atoms with E-state index in [2.05, 4.69) is 29.7 Å². The quantitative estimate of drug-likeness (QED) is 0.886. The molecule has 23 heavy (non-hydrogen) atoms. The number of ether oxygens (including phenoxy) is 1. The number of carbonyl (C=O) groups is 1. The van der Waals surface area contributed by atoms with Crippen LogP contribution in [0.5, 0.6) is 0 Å². The minimum Gasteiger partial charge on any atom is -0.373 e. The molecular weight excluding hydrogens is 308 g/mol. The zero-order chi connectivity index (χ0) is 16.1. The van der Waals surface area contributed by atoms with Crippen molar-refractivity contribution in [3.8, 4) is 0 Å². The van der Waals surface area contributed by atoms with E-state index in [0.29, 0.717) is 6.61 Å². The van der Waals surface area contributed by atoms with E-state index < -0.39 is 0 Å². The molecule has 5 heteroatoms. The molecule has 2 amide bonds. The number of thioether (sulfide) groups is 1. The third-order valence-corrected chi connectivity index (χ3v) is 6.25. The van der Waals surface area contributed by atoms with Gasteiger partial charge in [0.2, 0.25) is 0 Å². The van der Waals surface area contributed by atoms with E-state index in [0.717, 1.165) is 19.4 Å². The molecule has 0 aromatic heterocycles. The summed E-state index contributed by atoms with van der Waals surface area (Å²) < 4.78 is 6.07. The van der Waals surface area contributed by atoms with Gasteiger partial charge in [-0.15, -0.1) is 0 Å². The molecule has 1 aromatic carbocycles. The molecule has 2 heterocycles. The number of rotatable bonds is 4. The second-order valence-electron chi connectivity index (χ2n) is 6.72. The maximum atomic E-state index is 12.2. The molecule has 0 saturated carbocycles. The van der Waals surface area contributed by atoms with Gasteiger partial charge in [-0.3, -0.25) is 0 Å². The van der Waals surface area contributed by atoms with E-state index in [4.69, 9.17) is 4.74 Å². The average molecular weight is 334 g/mol. The van der Waals surface area contributed by atoms with Crippen molar-refractivity contribution in [1.29, 1.82) is 0 Å². The van der Waals surface area contributed by atoms with Crippen LogP contribution in [0.2, 0.25) is 0 Å². The summed E-state index contributed by atoms with van der Waals surface area (Å²) in [6, 6.07) is 10.4. The molecule has 2 N–H and O–H groups in total. The van der Waals surface area contributed by atoms with Crippen molar-refractivity contribution in [1.82, 2.24) is 10.6 Å². The molecule has 2 aliphatic heterocycles. The lowest BCUT2D eigenvalue weighted by Crippen LogP contribution is -2.48. The van der Waals surface area contributed by atoms with Gasteiger partial charge >= 0.3 is 6.03 Å². The minimum atomic E-state index is -0.0440. The van der Waals surface area contributed by atoms with Crippen molar-refractivity contribution >= 4 is 17.8 Å². The molecule has 3 unspecified atom stereocenters. The van der Waals surface area contributed by atoms with Crippen LogP contribution in [0.4, 0.5) is 4.79 Å². The lowest BCUT2D eigenvalue weighted by molar-refractivity contribution is 0.00225. The fourth-order valence-electron chi connectivity index (χ4n) is 3.31. The Balaban J connectivity index is 1.46. The standard InChI is InChI=1S/C18H26N2O2S/c1-18(9-5-11-23-18)13-19-17(21)20-15-8-10-22-16(12-15)14-6-3-2-4-7-14/h2-4,6-7,15-16H,5,8-13H2,1H3,(H2,19,20,21). The van der Waals surface area contributed by atoms with Crippen LogP contribution >= 0.6 is 11.8 Å². The van der Waals surface area contributed by atoms with Crippen LogP contribution in [-0.2, 0) is 4.74 Å². The summed E-state index contributed by atoms with van der Waals surface area (Å²) in [5, 5.41) is 6.18. The van der Waals surface area contributed by atoms with Gasteiger partial charge in [-0.1, -0.05) is 30.3 Å². The predicted molar refractivity (Wildman–Crippen MR) is 94.8 cm³/mol. The average Bonchev–Trinajstić information content (AvgIpc) is 3.01. The Morgan fingerprint density at radius 1 is 1.39 bits per heavy atom. The molecule has 2 saturated heterocycles. The molecule has 0 aliphatic carbocycles. The van der Waals surface area contributed by atoms with Crippen molar-refractivity contribution in [2.45, 2.75) is 49.5 Å². The molecule has 1 aromatic rings. The van der Waals surface area contributed by atoms with Gasteiger partial charge in [0.15, 0.2) is 0 Å². The van der Waals surface area contributed by atoms with Gasteiger partial charge in [-0.2, -0.15) is 11.8 Å². The third kappa shape index (κ3) is 4.64. The zero-order valence-corrected chi connectivity index (χ0v) is 14.5. The molecule has 2 aliphatic rings.